The van der Waals surface area contributed by atoms with Gasteiger partial charge in [-0.2, -0.15) is 21.7 Å². The van der Waals surface area contributed by atoms with Crippen LogP contribution < -0.4 is 10.2 Å². The molecule has 108 valence electrons. The second-order valence-electron chi connectivity index (χ2n) is 5.53. The van der Waals surface area contributed by atoms with Crippen LogP contribution in [0, 0.1) is 0 Å². The summed E-state index contributed by atoms with van der Waals surface area (Å²) < 4.78 is 0.244. The summed E-state index contributed by atoms with van der Waals surface area (Å²) in [5, 5.41) is 3.18. The van der Waals surface area contributed by atoms with Crippen molar-refractivity contribution < 1.29 is 0 Å². The number of thioether (sulfide) groups is 1. The van der Waals surface area contributed by atoms with Crippen LogP contribution in [0.2, 0.25) is 0 Å². The zero-order valence-electron chi connectivity index (χ0n) is 12.1. The zero-order valence-corrected chi connectivity index (χ0v) is 12.9. The summed E-state index contributed by atoms with van der Waals surface area (Å²) in [6.07, 6.45) is 1.68. The Bertz CT molecular complexity index is 608. The van der Waals surface area contributed by atoms with E-state index in [4.69, 9.17) is 0 Å². The molecule has 0 atom stereocenters. The van der Waals surface area contributed by atoms with Crippen LogP contribution in [0.25, 0.3) is 11.2 Å². The van der Waals surface area contributed by atoms with E-state index in [1.807, 2.05) is 18.7 Å². The number of rotatable bonds is 3. The number of hydrogen-bond donors (Lipinski definition) is 2. The molecular weight excluding hydrogens is 272 g/mol. The molecule has 1 aliphatic rings. The van der Waals surface area contributed by atoms with Crippen LogP contribution >= 0.6 is 11.8 Å². The Morgan fingerprint density at radius 2 is 2.30 bits per heavy atom. The Kier molecular flexibility index (Phi) is 3.45. The summed E-state index contributed by atoms with van der Waals surface area (Å²) in [7, 11) is 0. The summed E-state index contributed by atoms with van der Waals surface area (Å²) in [5.41, 5.74) is 1.65. The van der Waals surface area contributed by atoms with Crippen LogP contribution in [-0.2, 0) is 0 Å². The molecule has 1 saturated heterocycles. The van der Waals surface area contributed by atoms with E-state index in [1.165, 1.54) is 0 Å². The summed E-state index contributed by atoms with van der Waals surface area (Å²) in [5.74, 6) is 2.72. The fraction of sp³-hybridized carbons (Fsp3) is 0.615. The van der Waals surface area contributed by atoms with Gasteiger partial charge in [0.25, 0.3) is 0 Å². The molecule has 3 rings (SSSR count). The Balaban J connectivity index is 2.02. The molecule has 0 aromatic carbocycles. The van der Waals surface area contributed by atoms with E-state index in [9.17, 15) is 0 Å². The predicted octanol–water partition coefficient (Wildman–Crippen LogP) is 2.12. The fourth-order valence-electron chi connectivity index (χ4n) is 2.48. The molecular formula is C13H20N6S. The first-order valence-electron chi connectivity index (χ1n) is 6.93. The molecule has 6 nitrogen and oxygen atoms in total. The average Bonchev–Trinajstić information content (AvgIpc) is 2.85. The van der Waals surface area contributed by atoms with Gasteiger partial charge >= 0.3 is 0 Å². The minimum Gasteiger partial charge on any atom is -0.354 e. The quantitative estimate of drug-likeness (QED) is 0.903. The van der Waals surface area contributed by atoms with Gasteiger partial charge in [-0.1, -0.05) is 0 Å². The highest BCUT2D eigenvalue weighted by molar-refractivity contribution is 8.00. The number of anilines is 2. The molecule has 0 bridgehead atoms. The summed E-state index contributed by atoms with van der Waals surface area (Å²) in [6, 6.07) is 0. The van der Waals surface area contributed by atoms with E-state index in [-0.39, 0.29) is 4.75 Å². The number of nitrogens with zero attached hydrogens (tertiary/aromatic N) is 4. The summed E-state index contributed by atoms with van der Waals surface area (Å²) >= 11 is 2.01. The van der Waals surface area contributed by atoms with Crippen molar-refractivity contribution in [2.24, 2.45) is 0 Å². The van der Waals surface area contributed by atoms with Crippen molar-refractivity contribution >= 4 is 34.7 Å². The molecule has 0 aliphatic carbocycles. The van der Waals surface area contributed by atoms with Crippen molar-refractivity contribution in [3.8, 4) is 0 Å². The van der Waals surface area contributed by atoms with Gasteiger partial charge in [-0.3, -0.25) is 0 Å². The van der Waals surface area contributed by atoms with E-state index < -0.39 is 0 Å². The van der Waals surface area contributed by atoms with E-state index in [0.29, 0.717) is 5.95 Å². The average molecular weight is 292 g/mol. The lowest BCUT2D eigenvalue weighted by atomic mass is 10.2. The standard InChI is InChI=1S/C13H20N6S/c1-4-14-12-17-10-9(15-8-16-10)11(18-12)19-5-6-20-13(2,3)7-19/h8H,4-7H2,1-3H3,(H2,14,15,16,17,18). The molecule has 1 aliphatic heterocycles. The van der Waals surface area contributed by atoms with Gasteiger partial charge < -0.3 is 15.2 Å². The van der Waals surface area contributed by atoms with Gasteiger partial charge in [0.15, 0.2) is 11.5 Å². The zero-order chi connectivity index (χ0) is 14.2. The molecule has 0 spiro atoms. The van der Waals surface area contributed by atoms with Crippen molar-refractivity contribution in [1.29, 1.82) is 0 Å². The topological polar surface area (TPSA) is 69.7 Å². The molecule has 1 fully saturated rings. The highest BCUT2D eigenvalue weighted by atomic mass is 32.2. The molecule has 0 amide bonds. The maximum atomic E-state index is 4.68. The Morgan fingerprint density at radius 1 is 1.45 bits per heavy atom. The number of fused-ring (bicyclic) bond motifs is 1. The lowest BCUT2D eigenvalue weighted by Crippen LogP contribution is -2.43. The van der Waals surface area contributed by atoms with E-state index in [1.54, 1.807) is 6.33 Å². The third kappa shape index (κ3) is 2.54. The number of aromatic amines is 1. The van der Waals surface area contributed by atoms with Crippen molar-refractivity contribution in [2.75, 3.05) is 35.6 Å². The smallest absolute Gasteiger partial charge is 0.226 e. The van der Waals surface area contributed by atoms with Gasteiger partial charge in [-0.05, 0) is 20.8 Å². The first-order valence-corrected chi connectivity index (χ1v) is 7.91. The van der Waals surface area contributed by atoms with Crippen LogP contribution in [-0.4, -0.2) is 50.1 Å². The third-order valence-corrected chi connectivity index (χ3v) is 4.62. The normalized spacial score (nSPS) is 18.4. The number of nitrogens with one attached hydrogen (secondary N) is 2. The van der Waals surface area contributed by atoms with Crippen molar-refractivity contribution in [2.45, 2.75) is 25.5 Å². The highest BCUT2D eigenvalue weighted by Gasteiger charge is 2.29. The van der Waals surface area contributed by atoms with Gasteiger partial charge in [-0.15, -0.1) is 0 Å². The SMILES string of the molecule is CCNc1nc(N2CCSC(C)(C)C2)c2[nH]cnc2n1. The van der Waals surface area contributed by atoms with Crippen LogP contribution in [0.1, 0.15) is 20.8 Å². The van der Waals surface area contributed by atoms with Crippen LogP contribution in [0.15, 0.2) is 6.33 Å². The summed E-state index contributed by atoms with van der Waals surface area (Å²) in [6.45, 7) is 9.38. The Morgan fingerprint density at radius 3 is 3.05 bits per heavy atom. The lowest BCUT2D eigenvalue weighted by molar-refractivity contribution is 0.643. The van der Waals surface area contributed by atoms with E-state index in [2.05, 4.69) is 44.0 Å². The van der Waals surface area contributed by atoms with E-state index in [0.717, 1.165) is 42.4 Å². The number of H-pyrrole nitrogens is 1. The molecule has 0 saturated carbocycles. The maximum absolute atomic E-state index is 4.68. The molecule has 0 unspecified atom stereocenters. The van der Waals surface area contributed by atoms with Crippen LogP contribution in [0.3, 0.4) is 0 Å². The van der Waals surface area contributed by atoms with Gasteiger partial charge in [-0.25, -0.2) is 4.98 Å². The number of imidazole rings is 1. The van der Waals surface area contributed by atoms with E-state index >= 15 is 0 Å². The minimum atomic E-state index is 0.244. The minimum absolute atomic E-state index is 0.244. The molecule has 20 heavy (non-hydrogen) atoms. The monoisotopic (exact) mass is 292 g/mol. The fourth-order valence-corrected chi connectivity index (χ4v) is 3.59. The highest BCUT2D eigenvalue weighted by Crippen LogP contribution is 2.33. The Labute approximate surface area is 122 Å². The van der Waals surface area contributed by atoms with Crippen molar-refractivity contribution in [3.63, 3.8) is 0 Å². The second kappa shape index (κ2) is 5.12. The first-order chi connectivity index (χ1) is 9.59. The molecule has 7 heteroatoms. The summed E-state index contributed by atoms with van der Waals surface area (Å²) in [4.78, 5) is 18.9. The van der Waals surface area contributed by atoms with Gasteiger partial charge in [0.1, 0.15) is 5.52 Å². The lowest BCUT2D eigenvalue weighted by Gasteiger charge is -2.38. The third-order valence-electron chi connectivity index (χ3n) is 3.33. The van der Waals surface area contributed by atoms with Crippen LogP contribution in [0.4, 0.5) is 11.8 Å². The van der Waals surface area contributed by atoms with Crippen molar-refractivity contribution in [3.05, 3.63) is 6.33 Å². The van der Waals surface area contributed by atoms with Crippen LogP contribution in [0.5, 0.6) is 0 Å². The Hall–Kier alpha value is -1.50. The van der Waals surface area contributed by atoms with Gasteiger partial charge in [0.05, 0.1) is 6.33 Å². The maximum Gasteiger partial charge on any atom is 0.226 e. The number of aromatic nitrogens is 4. The molecule has 2 N–H and O–H groups in total. The first kappa shape index (κ1) is 13.5. The van der Waals surface area contributed by atoms with Gasteiger partial charge in [0, 0.05) is 30.1 Å². The molecule has 2 aromatic rings. The number of hydrogen-bond acceptors (Lipinski definition) is 6. The van der Waals surface area contributed by atoms with Crippen molar-refractivity contribution in [1.82, 2.24) is 19.9 Å². The molecule has 0 radical (unpaired) electrons. The van der Waals surface area contributed by atoms with Gasteiger partial charge in [0.2, 0.25) is 5.95 Å². The molecule has 2 aromatic heterocycles. The molecule has 3 heterocycles. The second-order valence-corrected chi connectivity index (χ2v) is 7.33. The predicted molar refractivity (Wildman–Crippen MR) is 84.6 cm³/mol. The largest absolute Gasteiger partial charge is 0.354 e.